The Morgan fingerprint density at radius 2 is 1.87 bits per heavy atom. The second-order valence-corrected chi connectivity index (χ2v) is 6.47. The van der Waals surface area contributed by atoms with E-state index in [2.05, 4.69) is 16.3 Å². The number of hydrogen-bond acceptors (Lipinski definition) is 3. The van der Waals surface area contributed by atoms with Crippen molar-refractivity contribution in [3.63, 3.8) is 0 Å². The van der Waals surface area contributed by atoms with Crippen molar-refractivity contribution in [1.29, 1.82) is 0 Å². The van der Waals surface area contributed by atoms with Crippen LogP contribution in [-0.4, -0.2) is 42.9 Å². The van der Waals surface area contributed by atoms with Crippen LogP contribution >= 0.6 is 0 Å². The molecule has 2 aliphatic heterocycles. The maximum absolute atomic E-state index is 12.6. The van der Waals surface area contributed by atoms with Crippen LogP contribution in [0.1, 0.15) is 38.5 Å². The van der Waals surface area contributed by atoms with E-state index in [1.165, 1.54) is 19.3 Å². The summed E-state index contributed by atoms with van der Waals surface area (Å²) in [5.41, 5.74) is 1.94. The molecular formula is C18H25N3O2. The number of para-hydroxylation sites is 2. The van der Waals surface area contributed by atoms with Crippen molar-refractivity contribution >= 4 is 23.2 Å². The molecule has 1 N–H and O–H groups in total. The van der Waals surface area contributed by atoms with Gasteiger partial charge in [-0.05, 0) is 44.2 Å². The quantitative estimate of drug-likeness (QED) is 0.933. The van der Waals surface area contributed by atoms with Crippen LogP contribution in [0.25, 0.3) is 0 Å². The zero-order valence-electron chi connectivity index (χ0n) is 13.8. The molecule has 2 heterocycles. The largest absolute Gasteiger partial charge is 0.370 e. The minimum Gasteiger partial charge on any atom is -0.370 e. The molecule has 2 fully saturated rings. The smallest absolute Gasteiger partial charge is 0.247 e. The first-order chi connectivity index (χ1) is 11.2. The van der Waals surface area contributed by atoms with E-state index in [1.54, 1.807) is 11.9 Å². The van der Waals surface area contributed by atoms with Gasteiger partial charge >= 0.3 is 0 Å². The molecule has 3 rings (SSSR count). The maximum atomic E-state index is 12.6. The van der Waals surface area contributed by atoms with Crippen LogP contribution in [0.3, 0.4) is 0 Å². The van der Waals surface area contributed by atoms with Crippen LogP contribution in [0, 0.1) is 0 Å². The Hall–Kier alpha value is -2.04. The Morgan fingerprint density at radius 3 is 2.65 bits per heavy atom. The first-order valence-electron chi connectivity index (χ1n) is 8.57. The van der Waals surface area contributed by atoms with Crippen molar-refractivity contribution in [2.75, 3.05) is 30.4 Å². The second-order valence-electron chi connectivity index (χ2n) is 6.47. The minimum absolute atomic E-state index is 0.0562. The zero-order valence-corrected chi connectivity index (χ0v) is 13.8. The van der Waals surface area contributed by atoms with Gasteiger partial charge < -0.3 is 15.1 Å². The van der Waals surface area contributed by atoms with Gasteiger partial charge in [0.15, 0.2) is 0 Å². The topological polar surface area (TPSA) is 52.7 Å². The van der Waals surface area contributed by atoms with Crippen LogP contribution in [0.4, 0.5) is 11.4 Å². The van der Waals surface area contributed by atoms with Crippen molar-refractivity contribution in [2.24, 2.45) is 0 Å². The molecular weight excluding hydrogens is 290 g/mol. The van der Waals surface area contributed by atoms with Crippen molar-refractivity contribution in [2.45, 2.75) is 44.6 Å². The number of piperidine rings is 2. The van der Waals surface area contributed by atoms with E-state index in [4.69, 9.17) is 0 Å². The molecule has 124 valence electrons. The first-order valence-corrected chi connectivity index (χ1v) is 8.57. The number of carbonyl (C=O) groups excluding carboxylic acids is 2. The summed E-state index contributed by atoms with van der Waals surface area (Å²) in [5, 5.41) is 3.05. The Bertz CT molecular complexity index is 581. The van der Waals surface area contributed by atoms with E-state index in [-0.39, 0.29) is 17.9 Å². The molecule has 0 aromatic heterocycles. The third-order valence-corrected chi connectivity index (χ3v) is 4.89. The maximum Gasteiger partial charge on any atom is 0.247 e. The van der Waals surface area contributed by atoms with Gasteiger partial charge in [-0.3, -0.25) is 9.59 Å². The van der Waals surface area contributed by atoms with Crippen LogP contribution in [0.2, 0.25) is 0 Å². The number of likely N-dealkylation sites (N-methyl/N-ethyl adjacent to an activating group) is 1. The SMILES string of the molecule is CN1C(=O)CCCC1C(=O)Nc1ccccc1N1CCCCC1. The molecule has 23 heavy (non-hydrogen) atoms. The molecule has 2 saturated heterocycles. The van der Waals surface area contributed by atoms with Gasteiger partial charge in [0.05, 0.1) is 11.4 Å². The predicted molar refractivity (Wildman–Crippen MR) is 91.5 cm³/mol. The summed E-state index contributed by atoms with van der Waals surface area (Å²) in [7, 11) is 1.72. The van der Waals surface area contributed by atoms with Gasteiger partial charge in [-0.15, -0.1) is 0 Å². The number of hydrogen-bond donors (Lipinski definition) is 1. The highest BCUT2D eigenvalue weighted by atomic mass is 16.2. The van der Waals surface area contributed by atoms with E-state index in [1.807, 2.05) is 18.2 Å². The van der Waals surface area contributed by atoms with E-state index in [0.717, 1.165) is 37.3 Å². The van der Waals surface area contributed by atoms with Gasteiger partial charge in [0.2, 0.25) is 11.8 Å². The molecule has 0 bridgehead atoms. The highest BCUT2D eigenvalue weighted by molar-refractivity contribution is 5.99. The van der Waals surface area contributed by atoms with Gasteiger partial charge in [-0.1, -0.05) is 12.1 Å². The lowest BCUT2D eigenvalue weighted by atomic mass is 10.0. The fourth-order valence-electron chi connectivity index (χ4n) is 3.50. The first kappa shape index (κ1) is 15.8. The van der Waals surface area contributed by atoms with Crippen molar-refractivity contribution in [3.8, 4) is 0 Å². The molecule has 1 unspecified atom stereocenters. The van der Waals surface area contributed by atoms with E-state index in [9.17, 15) is 9.59 Å². The molecule has 1 aromatic rings. The molecule has 0 saturated carbocycles. The molecule has 1 aromatic carbocycles. The van der Waals surface area contributed by atoms with Crippen molar-refractivity contribution < 1.29 is 9.59 Å². The second kappa shape index (κ2) is 7.02. The van der Waals surface area contributed by atoms with Crippen molar-refractivity contribution in [1.82, 2.24) is 4.90 Å². The summed E-state index contributed by atoms with van der Waals surface area (Å²) in [6, 6.07) is 7.61. The summed E-state index contributed by atoms with van der Waals surface area (Å²) >= 11 is 0. The van der Waals surface area contributed by atoms with Crippen LogP contribution in [0.5, 0.6) is 0 Å². The lowest BCUT2D eigenvalue weighted by molar-refractivity contribution is -0.140. The standard InChI is InChI=1S/C18H25N3O2/c1-20-16(10-7-11-17(20)22)18(23)19-14-8-3-4-9-15(14)21-12-5-2-6-13-21/h3-4,8-9,16H,2,5-7,10-13H2,1H3,(H,19,23). The van der Waals surface area contributed by atoms with Crippen LogP contribution in [0.15, 0.2) is 24.3 Å². The predicted octanol–water partition coefficient (Wildman–Crippen LogP) is 2.63. The lowest BCUT2D eigenvalue weighted by Gasteiger charge is -2.33. The number of amides is 2. The molecule has 2 amide bonds. The van der Waals surface area contributed by atoms with Gasteiger partial charge in [-0.25, -0.2) is 0 Å². The lowest BCUT2D eigenvalue weighted by Crippen LogP contribution is -2.47. The highest BCUT2D eigenvalue weighted by Gasteiger charge is 2.30. The number of likely N-dealkylation sites (tertiary alicyclic amines) is 1. The average molecular weight is 315 g/mol. The molecule has 0 radical (unpaired) electrons. The third kappa shape index (κ3) is 3.49. The summed E-state index contributed by atoms with van der Waals surface area (Å²) in [6.07, 6.45) is 5.74. The fraction of sp³-hybridized carbons (Fsp3) is 0.556. The van der Waals surface area contributed by atoms with E-state index < -0.39 is 0 Å². The Kier molecular flexibility index (Phi) is 4.84. The number of carbonyl (C=O) groups is 2. The summed E-state index contributed by atoms with van der Waals surface area (Å²) in [4.78, 5) is 28.4. The normalized spacial score (nSPS) is 22.1. The average Bonchev–Trinajstić information content (AvgIpc) is 2.58. The number of rotatable bonds is 3. The van der Waals surface area contributed by atoms with Gasteiger partial charge in [0, 0.05) is 26.6 Å². The van der Waals surface area contributed by atoms with Crippen LogP contribution < -0.4 is 10.2 Å². The molecule has 2 aliphatic rings. The molecule has 0 spiro atoms. The minimum atomic E-state index is -0.356. The third-order valence-electron chi connectivity index (χ3n) is 4.89. The highest BCUT2D eigenvalue weighted by Crippen LogP contribution is 2.29. The Labute approximate surface area is 137 Å². The van der Waals surface area contributed by atoms with Gasteiger partial charge in [-0.2, -0.15) is 0 Å². The number of benzene rings is 1. The number of anilines is 2. The molecule has 1 atom stereocenters. The zero-order chi connectivity index (χ0) is 16.2. The monoisotopic (exact) mass is 315 g/mol. The van der Waals surface area contributed by atoms with Gasteiger partial charge in [0.1, 0.15) is 6.04 Å². The number of nitrogens with one attached hydrogen (secondary N) is 1. The Morgan fingerprint density at radius 1 is 1.13 bits per heavy atom. The summed E-state index contributed by atoms with van der Waals surface area (Å²) in [6.45, 7) is 2.07. The molecule has 5 nitrogen and oxygen atoms in total. The number of nitrogens with zero attached hydrogens (tertiary/aromatic N) is 2. The summed E-state index contributed by atoms with van der Waals surface area (Å²) in [5.74, 6) is -0.0225. The summed E-state index contributed by atoms with van der Waals surface area (Å²) < 4.78 is 0. The Balaban J connectivity index is 1.74. The molecule has 5 heteroatoms. The van der Waals surface area contributed by atoms with E-state index in [0.29, 0.717) is 6.42 Å². The van der Waals surface area contributed by atoms with Crippen molar-refractivity contribution in [3.05, 3.63) is 24.3 Å². The fourth-order valence-corrected chi connectivity index (χ4v) is 3.50. The van der Waals surface area contributed by atoms with Crippen LogP contribution in [-0.2, 0) is 9.59 Å². The molecule has 0 aliphatic carbocycles. The van der Waals surface area contributed by atoms with E-state index >= 15 is 0 Å². The van der Waals surface area contributed by atoms with Gasteiger partial charge in [0.25, 0.3) is 0 Å².